The van der Waals surface area contributed by atoms with Crippen molar-refractivity contribution in [1.29, 1.82) is 0 Å². The molecule has 5 nitrogen and oxygen atoms in total. The van der Waals surface area contributed by atoms with Crippen molar-refractivity contribution in [1.82, 2.24) is 19.5 Å². The lowest BCUT2D eigenvalue weighted by atomic mass is 10.1. The average molecular weight is 316 g/mol. The van der Waals surface area contributed by atoms with E-state index < -0.39 is 0 Å². The summed E-state index contributed by atoms with van der Waals surface area (Å²) in [7, 11) is 1.86. The van der Waals surface area contributed by atoms with Gasteiger partial charge in [0.05, 0.1) is 27.9 Å². The summed E-state index contributed by atoms with van der Waals surface area (Å²) in [6.45, 7) is 0. The van der Waals surface area contributed by atoms with Gasteiger partial charge >= 0.3 is 0 Å². The molecule has 0 amide bonds. The quantitative estimate of drug-likeness (QED) is 0.564. The standard InChI is InChI=1S/C15H11ClFN5/c1-22-6-19-12-13(22)9-10(16)11(20-15(9)21-14(12)18)7-3-2-4-8(17)5-7/h2-6H,1H3,(H3,18,20,21). The Kier molecular flexibility index (Phi) is 2.65. The largest absolute Gasteiger partial charge is 0.382 e. The molecule has 7 heteroatoms. The monoisotopic (exact) mass is 315 g/mol. The van der Waals surface area contributed by atoms with Gasteiger partial charge in [-0.25, -0.2) is 14.4 Å². The molecule has 0 aliphatic carbocycles. The predicted molar refractivity (Wildman–Crippen MR) is 85.2 cm³/mol. The number of anilines is 1. The number of pyridine rings is 1. The van der Waals surface area contributed by atoms with E-state index in [1.54, 1.807) is 18.5 Å². The van der Waals surface area contributed by atoms with Crippen LogP contribution in [0.1, 0.15) is 0 Å². The molecule has 0 atom stereocenters. The van der Waals surface area contributed by atoms with Crippen molar-refractivity contribution in [2.75, 3.05) is 5.73 Å². The van der Waals surface area contributed by atoms with Crippen LogP contribution in [-0.4, -0.2) is 19.5 Å². The van der Waals surface area contributed by atoms with Crippen LogP contribution < -0.4 is 5.73 Å². The van der Waals surface area contributed by atoms with Crippen molar-refractivity contribution in [2.24, 2.45) is 7.05 Å². The first kappa shape index (κ1) is 13.1. The van der Waals surface area contributed by atoms with Crippen molar-refractivity contribution in [3.8, 4) is 11.3 Å². The highest BCUT2D eigenvalue weighted by molar-refractivity contribution is 6.40. The Morgan fingerprint density at radius 2 is 2.18 bits per heavy atom. The second kappa shape index (κ2) is 4.45. The van der Waals surface area contributed by atoms with Crippen LogP contribution in [0.15, 0.2) is 30.6 Å². The third kappa shape index (κ3) is 1.70. The number of nitrogen functional groups attached to an aromatic ring is 1. The highest BCUT2D eigenvalue weighted by Gasteiger charge is 2.19. The number of aromatic nitrogens is 4. The van der Waals surface area contributed by atoms with E-state index in [1.165, 1.54) is 12.1 Å². The van der Waals surface area contributed by atoms with Crippen molar-refractivity contribution >= 4 is 39.5 Å². The van der Waals surface area contributed by atoms with E-state index in [4.69, 9.17) is 17.3 Å². The predicted octanol–water partition coefficient (Wildman–Crippen LogP) is 3.49. The molecule has 0 bridgehead atoms. The van der Waals surface area contributed by atoms with E-state index >= 15 is 0 Å². The Balaban J connectivity index is 2.13. The first-order chi connectivity index (χ1) is 10.6. The van der Waals surface area contributed by atoms with Crippen LogP contribution in [0.25, 0.3) is 33.3 Å². The summed E-state index contributed by atoms with van der Waals surface area (Å²) in [6.07, 6.45) is 1.66. The van der Waals surface area contributed by atoms with Gasteiger partial charge in [-0.15, -0.1) is 0 Å². The molecule has 4 rings (SSSR count). The number of nitrogens with zero attached hydrogens (tertiary/aromatic N) is 3. The van der Waals surface area contributed by atoms with Crippen LogP contribution in [0, 0.1) is 5.82 Å². The summed E-state index contributed by atoms with van der Waals surface area (Å²) in [4.78, 5) is 11.7. The van der Waals surface area contributed by atoms with E-state index in [0.29, 0.717) is 33.3 Å². The molecule has 1 aromatic carbocycles. The minimum Gasteiger partial charge on any atom is -0.382 e. The molecule has 3 heterocycles. The van der Waals surface area contributed by atoms with E-state index in [9.17, 15) is 4.39 Å². The number of hydrogen-bond donors (Lipinski definition) is 2. The zero-order valence-corrected chi connectivity index (χ0v) is 12.3. The minimum atomic E-state index is -0.328. The third-order valence-corrected chi connectivity index (χ3v) is 4.06. The minimum absolute atomic E-state index is 0.326. The second-order valence-electron chi connectivity index (χ2n) is 5.10. The zero-order chi connectivity index (χ0) is 15.4. The van der Waals surface area contributed by atoms with Crippen LogP contribution >= 0.6 is 11.6 Å². The maximum atomic E-state index is 13.5. The fraction of sp³-hybridized carbons (Fsp3) is 0.0667. The van der Waals surface area contributed by atoms with Gasteiger partial charge in [-0.3, -0.25) is 0 Å². The second-order valence-corrected chi connectivity index (χ2v) is 5.48. The maximum Gasteiger partial charge on any atom is 0.154 e. The van der Waals surface area contributed by atoms with Crippen molar-refractivity contribution in [3.05, 3.63) is 41.4 Å². The molecule has 3 aromatic heterocycles. The van der Waals surface area contributed by atoms with Crippen LogP contribution in [-0.2, 0) is 7.05 Å². The number of nitrogens with one attached hydrogen (secondary N) is 1. The number of aryl methyl sites for hydroxylation is 1. The van der Waals surface area contributed by atoms with Gasteiger partial charge < -0.3 is 15.3 Å². The lowest BCUT2D eigenvalue weighted by molar-refractivity contribution is 0.628. The lowest BCUT2D eigenvalue weighted by Crippen LogP contribution is -1.94. The van der Waals surface area contributed by atoms with Gasteiger partial charge in [0.15, 0.2) is 5.82 Å². The van der Waals surface area contributed by atoms with E-state index in [-0.39, 0.29) is 5.82 Å². The summed E-state index contributed by atoms with van der Waals surface area (Å²) < 4.78 is 15.3. The van der Waals surface area contributed by atoms with Gasteiger partial charge in [0.2, 0.25) is 0 Å². The third-order valence-electron chi connectivity index (χ3n) is 3.68. The fourth-order valence-electron chi connectivity index (χ4n) is 2.69. The van der Waals surface area contributed by atoms with Crippen LogP contribution in [0.4, 0.5) is 10.2 Å². The van der Waals surface area contributed by atoms with Crippen LogP contribution in [0.3, 0.4) is 0 Å². The van der Waals surface area contributed by atoms with Gasteiger partial charge in [-0.1, -0.05) is 23.7 Å². The summed E-state index contributed by atoms with van der Waals surface area (Å²) in [5.74, 6) is -0.00261. The number of aromatic amines is 1. The molecule has 0 aliphatic heterocycles. The van der Waals surface area contributed by atoms with Gasteiger partial charge in [0.1, 0.15) is 17.0 Å². The molecular formula is C15H11ClFN5. The molecule has 0 spiro atoms. The van der Waals surface area contributed by atoms with Crippen molar-refractivity contribution in [3.63, 3.8) is 0 Å². The molecule has 0 radical (unpaired) electrons. The smallest absolute Gasteiger partial charge is 0.154 e. The van der Waals surface area contributed by atoms with Gasteiger partial charge in [0, 0.05) is 12.6 Å². The number of imidazole rings is 1. The SMILES string of the molecule is Cn1cnc2c(N)nc3[nH]c(-c4cccc(F)c4)c(Cl)c3c21. The lowest BCUT2D eigenvalue weighted by Gasteiger charge is -2.00. The molecule has 3 N–H and O–H groups in total. The molecule has 0 unspecified atom stereocenters. The Bertz CT molecular complexity index is 1030. The molecule has 0 aliphatic rings. The molecule has 22 heavy (non-hydrogen) atoms. The van der Waals surface area contributed by atoms with Crippen molar-refractivity contribution in [2.45, 2.75) is 0 Å². The van der Waals surface area contributed by atoms with E-state index in [0.717, 1.165) is 10.9 Å². The number of H-pyrrole nitrogens is 1. The maximum absolute atomic E-state index is 13.5. The normalized spacial score (nSPS) is 11.6. The Labute approximate surface area is 129 Å². The number of halogens is 2. The highest BCUT2D eigenvalue weighted by Crippen LogP contribution is 2.38. The number of rotatable bonds is 1. The first-order valence-corrected chi connectivity index (χ1v) is 6.97. The molecule has 0 saturated carbocycles. The van der Waals surface area contributed by atoms with Gasteiger partial charge in [-0.2, -0.15) is 0 Å². The number of nitrogens with two attached hydrogens (primary N) is 1. The Morgan fingerprint density at radius 3 is 2.95 bits per heavy atom. The Morgan fingerprint density at radius 1 is 1.36 bits per heavy atom. The highest BCUT2D eigenvalue weighted by atomic mass is 35.5. The Hall–Kier alpha value is -2.60. The van der Waals surface area contributed by atoms with Crippen molar-refractivity contribution < 1.29 is 4.39 Å². The average Bonchev–Trinajstić information content (AvgIpc) is 3.01. The first-order valence-electron chi connectivity index (χ1n) is 6.60. The van der Waals surface area contributed by atoms with Crippen LogP contribution in [0.2, 0.25) is 5.02 Å². The van der Waals surface area contributed by atoms with Gasteiger partial charge in [-0.05, 0) is 12.1 Å². The van der Waals surface area contributed by atoms with E-state index in [2.05, 4.69) is 15.0 Å². The summed E-state index contributed by atoms with van der Waals surface area (Å²) in [6, 6.07) is 6.22. The molecule has 4 aromatic rings. The fourth-order valence-corrected chi connectivity index (χ4v) is 3.03. The number of benzene rings is 1. The van der Waals surface area contributed by atoms with Gasteiger partial charge in [0.25, 0.3) is 0 Å². The summed E-state index contributed by atoms with van der Waals surface area (Å²) in [5, 5.41) is 1.20. The number of hydrogen-bond acceptors (Lipinski definition) is 3. The summed E-state index contributed by atoms with van der Waals surface area (Å²) in [5.41, 5.74) is 9.16. The molecular weight excluding hydrogens is 305 g/mol. The molecule has 0 fully saturated rings. The van der Waals surface area contributed by atoms with Crippen LogP contribution in [0.5, 0.6) is 0 Å². The van der Waals surface area contributed by atoms with E-state index in [1.807, 2.05) is 11.6 Å². The molecule has 110 valence electrons. The summed E-state index contributed by atoms with van der Waals surface area (Å²) >= 11 is 6.53. The number of fused-ring (bicyclic) bond motifs is 3. The topological polar surface area (TPSA) is 72.5 Å². The molecule has 0 saturated heterocycles. The zero-order valence-electron chi connectivity index (χ0n) is 11.6.